The molecule has 1 saturated carbocycles. The van der Waals surface area contributed by atoms with Crippen LogP contribution in [0.5, 0.6) is 0 Å². The summed E-state index contributed by atoms with van der Waals surface area (Å²) >= 11 is 4.87. The van der Waals surface area contributed by atoms with Crippen LogP contribution in [-0.4, -0.2) is 19.4 Å². The summed E-state index contributed by atoms with van der Waals surface area (Å²) in [6.45, 7) is 1.94. The number of nitrogens with one attached hydrogen (secondary N) is 1. The Balaban J connectivity index is 1.98. The fraction of sp³-hybridized carbons (Fsp3) is 0.500. The zero-order valence-corrected chi connectivity index (χ0v) is 13.1. The molecule has 1 aromatic rings. The number of thiocarbonyl (C=S) groups is 1. The van der Waals surface area contributed by atoms with Crippen molar-refractivity contribution in [3.8, 4) is 0 Å². The van der Waals surface area contributed by atoms with Crippen molar-refractivity contribution in [2.75, 3.05) is 0 Å². The molecule has 4 nitrogen and oxygen atoms in total. The molecule has 20 heavy (non-hydrogen) atoms. The standard InChI is InChI=1S/C14H20N2O2S2/c1-10(12-3-2-4-12)16-20(17,18)9-11-5-7-13(8-6-11)14(15)19/h5-8,10,12,16H,2-4,9H2,1H3,(H2,15,19). The summed E-state index contributed by atoms with van der Waals surface area (Å²) in [5.74, 6) is 0.476. The Morgan fingerprint density at radius 3 is 2.45 bits per heavy atom. The maximum atomic E-state index is 12.1. The van der Waals surface area contributed by atoms with E-state index < -0.39 is 10.0 Å². The monoisotopic (exact) mass is 312 g/mol. The molecule has 1 atom stereocenters. The lowest BCUT2D eigenvalue weighted by Gasteiger charge is -2.31. The van der Waals surface area contributed by atoms with E-state index in [4.69, 9.17) is 18.0 Å². The predicted octanol–water partition coefficient (Wildman–Crippen LogP) is 1.93. The number of nitrogens with two attached hydrogens (primary N) is 1. The Morgan fingerprint density at radius 1 is 1.40 bits per heavy atom. The zero-order chi connectivity index (χ0) is 14.8. The highest BCUT2D eigenvalue weighted by Gasteiger charge is 2.27. The van der Waals surface area contributed by atoms with Crippen LogP contribution >= 0.6 is 12.2 Å². The summed E-state index contributed by atoms with van der Waals surface area (Å²) in [6, 6.07) is 7.03. The summed E-state index contributed by atoms with van der Waals surface area (Å²) < 4.78 is 27.0. The molecular weight excluding hydrogens is 292 g/mol. The van der Waals surface area contributed by atoms with Gasteiger partial charge >= 0.3 is 0 Å². The number of rotatable bonds is 6. The molecule has 0 amide bonds. The van der Waals surface area contributed by atoms with Crippen LogP contribution < -0.4 is 10.5 Å². The van der Waals surface area contributed by atoms with Crippen LogP contribution in [0.15, 0.2) is 24.3 Å². The van der Waals surface area contributed by atoms with E-state index in [0.717, 1.165) is 24.0 Å². The molecule has 6 heteroatoms. The average Bonchev–Trinajstić information content (AvgIpc) is 2.25. The lowest BCUT2D eigenvalue weighted by molar-refractivity contribution is 0.260. The van der Waals surface area contributed by atoms with Crippen LogP contribution in [0, 0.1) is 5.92 Å². The van der Waals surface area contributed by atoms with E-state index in [-0.39, 0.29) is 11.8 Å². The topological polar surface area (TPSA) is 72.2 Å². The van der Waals surface area contributed by atoms with Crippen LogP contribution in [0.4, 0.5) is 0 Å². The maximum absolute atomic E-state index is 12.1. The highest BCUT2D eigenvalue weighted by atomic mass is 32.2. The quantitative estimate of drug-likeness (QED) is 0.787. The van der Waals surface area contributed by atoms with E-state index >= 15 is 0 Å². The van der Waals surface area contributed by atoms with E-state index in [0.29, 0.717) is 10.9 Å². The first-order chi connectivity index (χ1) is 9.37. The van der Waals surface area contributed by atoms with Gasteiger partial charge in [-0.05, 0) is 31.2 Å². The van der Waals surface area contributed by atoms with Gasteiger partial charge in [0.2, 0.25) is 10.0 Å². The molecule has 0 aromatic heterocycles. The Morgan fingerprint density at radius 2 is 2.00 bits per heavy atom. The first-order valence-electron chi connectivity index (χ1n) is 6.76. The minimum atomic E-state index is -3.30. The number of hydrogen-bond donors (Lipinski definition) is 2. The normalized spacial score (nSPS) is 17.4. The Bertz CT molecular complexity index is 578. The van der Waals surface area contributed by atoms with Gasteiger partial charge < -0.3 is 5.73 Å². The van der Waals surface area contributed by atoms with E-state index in [9.17, 15) is 8.42 Å². The summed E-state index contributed by atoms with van der Waals surface area (Å²) in [4.78, 5) is 0.316. The van der Waals surface area contributed by atoms with Crippen LogP contribution in [0.25, 0.3) is 0 Å². The van der Waals surface area contributed by atoms with Crippen molar-refractivity contribution >= 4 is 27.2 Å². The van der Waals surface area contributed by atoms with E-state index in [2.05, 4.69) is 4.72 Å². The molecule has 1 unspecified atom stereocenters. The average molecular weight is 312 g/mol. The third-order valence-corrected chi connectivity index (χ3v) is 5.50. The van der Waals surface area contributed by atoms with Crippen molar-refractivity contribution < 1.29 is 8.42 Å². The second-order valence-electron chi connectivity index (χ2n) is 5.42. The van der Waals surface area contributed by atoms with Crippen LogP contribution in [0.3, 0.4) is 0 Å². The molecule has 1 fully saturated rings. The van der Waals surface area contributed by atoms with Crippen molar-refractivity contribution in [2.24, 2.45) is 11.7 Å². The van der Waals surface area contributed by atoms with Gasteiger partial charge in [-0.3, -0.25) is 0 Å². The number of hydrogen-bond acceptors (Lipinski definition) is 3. The van der Waals surface area contributed by atoms with Crippen molar-refractivity contribution in [1.82, 2.24) is 4.72 Å². The van der Waals surface area contributed by atoms with Crippen LogP contribution in [0.2, 0.25) is 0 Å². The smallest absolute Gasteiger partial charge is 0.216 e. The predicted molar refractivity (Wildman–Crippen MR) is 84.9 cm³/mol. The highest BCUT2D eigenvalue weighted by Crippen LogP contribution is 2.29. The molecular formula is C14H20N2O2S2. The van der Waals surface area contributed by atoms with Gasteiger partial charge in [-0.1, -0.05) is 42.9 Å². The number of benzene rings is 1. The molecule has 110 valence electrons. The van der Waals surface area contributed by atoms with Gasteiger partial charge in [0.15, 0.2) is 0 Å². The third kappa shape index (κ3) is 4.01. The highest BCUT2D eigenvalue weighted by molar-refractivity contribution is 7.88. The Labute approximate surface area is 125 Å². The largest absolute Gasteiger partial charge is 0.389 e. The van der Waals surface area contributed by atoms with E-state index in [1.54, 1.807) is 24.3 Å². The molecule has 0 spiro atoms. The van der Waals surface area contributed by atoms with Crippen molar-refractivity contribution in [3.05, 3.63) is 35.4 Å². The molecule has 0 radical (unpaired) electrons. The Kier molecular flexibility index (Phi) is 4.78. The SMILES string of the molecule is CC(NS(=O)(=O)Cc1ccc(C(N)=S)cc1)C1CCC1. The van der Waals surface area contributed by atoms with E-state index in [1.807, 2.05) is 6.92 Å². The van der Waals surface area contributed by atoms with Gasteiger partial charge in [-0.2, -0.15) is 0 Å². The van der Waals surface area contributed by atoms with Crippen molar-refractivity contribution in [3.63, 3.8) is 0 Å². The molecule has 1 aromatic carbocycles. The van der Waals surface area contributed by atoms with Gasteiger partial charge in [-0.15, -0.1) is 0 Å². The zero-order valence-electron chi connectivity index (χ0n) is 11.5. The van der Waals surface area contributed by atoms with E-state index in [1.165, 1.54) is 6.42 Å². The second-order valence-corrected chi connectivity index (χ2v) is 7.61. The lowest BCUT2D eigenvalue weighted by atomic mass is 9.81. The molecule has 0 heterocycles. The summed E-state index contributed by atoms with van der Waals surface area (Å²) in [5, 5.41) is 0. The van der Waals surface area contributed by atoms with Crippen LogP contribution in [-0.2, 0) is 15.8 Å². The van der Waals surface area contributed by atoms with Gasteiger partial charge in [-0.25, -0.2) is 13.1 Å². The van der Waals surface area contributed by atoms with Gasteiger partial charge in [0, 0.05) is 11.6 Å². The Hall–Kier alpha value is -0.980. The molecule has 1 aliphatic carbocycles. The molecule has 2 rings (SSSR count). The van der Waals surface area contributed by atoms with Crippen molar-refractivity contribution in [2.45, 2.75) is 38.0 Å². The van der Waals surface area contributed by atoms with Crippen LogP contribution in [0.1, 0.15) is 37.3 Å². The first kappa shape index (κ1) is 15.4. The fourth-order valence-corrected chi connectivity index (χ4v) is 3.96. The fourth-order valence-electron chi connectivity index (χ4n) is 2.35. The molecule has 0 saturated heterocycles. The van der Waals surface area contributed by atoms with Gasteiger partial charge in [0.25, 0.3) is 0 Å². The molecule has 0 bridgehead atoms. The molecule has 0 aliphatic heterocycles. The maximum Gasteiger partial charge on any atom is 0.216 e. The lowest BCUT2D eigenvalue weighted by Crippen LogP contribution is -2.41. The number of sulfonamides is 1. The van der Waals surface area contributed by atoms with Gasteiger partial charge in [0.05, 0.1) is 5.75 Å². The minimum Gasteiger partial charge on any atom is -0.389 e. The third-order valence-electron chi connectivity index (χ3n) is 3.82. The summed E-state index contributed by atoms with van der Waals surface area (Å²) in [5.41, 5.74) is 6.99. The summed E-state index contributed by atoms with van der Waals surface area (Å²) in [7, 11) is -3.30. The first-order valence-corrected chi connectivity index (χ1v) is 8.82. The summed E-state index contributed by atoms with van der Waals surface area (Å²) in [6.07, 6.45) is 3.44. The van der Waals surface area contributed by atoms with Gasteiger partial charge in [0.1, 0.15) is 4.99 Å². The minimum absolute atomic E-state index is 0.0122. The molecule has 1 aliphatic rings. The van der Waals surface area contributed by atoms with Crippen molar-refractivity contribution in [1.29, 1.82) is 0 Å². The second kappa shape index (κ2) is 6.20. The molecule has 3 N–H and O–H groups in total.